The van der Waals surface area contributed by atoms with E-state index in [2.05, 4.69) is 0 Å². The third-order valence-corrected chi connectivity index (χ3v) is 2.92. The van der Waals surface area contributed by atoms with Crippen LogP contribution in [-0.4, -0.2) is 19.8 Å². The van der Waals surface area contributed by atoms with E-state index in [1.807, 2.05) is 6.92 Å². The van der Waals surface area contributed by atoms with Crippen molar-refractivity contribution in [2.45, 2.75) is 25.4 Å². The largest absolute Gasteiger partial charge is 0.493 e. The van der Waals surface area contributed by atoms with Gasteiger partial charge in [0.2, 0.25) is 5.82 Å². The Bertz CT molecular complexity index is 393. The summed E-state index contributed by atoms with van der Waals surface area (Å²) in [5, 5.41) is 0. The predicted octanol–water partition coefficient (Wildman–Crippen LogP) is 2.87. The summed E-state index contributed by atoms with van der Waals surface area (Å²) in [6, 6.07) is 2.71. The summed E-state index contributed by atoms with van der Waals surface area (Å²) in [4.78, 5) is 0. The van der Waals surface area contributed by atoms with Crippen molar-refractivity contribution in [3.05, 3.63) is 29.3 Å². The monoisotopic (exact) mass is 228 g/mol. The molecule has 1 aliphatic rings. The van der Waals surface area contributed by atoms with Crippen LogP contribution in [0, 0.1) is 11.6 Å². The summed E-state index contributed by atoms with van der Waals surface area (Å²) in [6.07, 6.45) is 0.962. The van der Waals surface area contributed by atoms with Gasteiger partial charge in [0.05, 0.1) is 19.8 Å². The van der Waals surface area contributed by atoms with E-state index in [1.54, 1.807) is 6.07 Å². The van der Waals surface area contributed by atoms with Crippen molar-refractivity contribution in [3.63, 3.8) is 0 Å². The van der Waals surface area contributed by atoms with Crippen molar-refractivity contribution >= 4 is 0 Å². The molecule has 1 aromatic rings. The molecule has 1 aromatic carbocycles. The molecular weight excluding hydrogens is 214 g/mol. The van der Waals surface area contributed by atoms with E-state index >= 15 is 0 Å². The molecule has 2 atom stereocenters. The second-order valence-corrected chi connectivity index (χ2v) is 4.06. The van der Waals surface area contributed by atoms with Crippen LogP contribution in [0.5, 0.6) is 5.75 Å². The van der Waals surface area contributed by atoms with Crippen molar-refractivity contribution in [2.24, 2.45) is 0 Å². The molecule has 0 N–H and O–H groups in total. The molecule has 16 heavy (non-hydrogen) atoms. The van der Waals surface area contributed by atoms with E-state index in [9.17, 15) is 8.78 Å². The first-order valence-electron chi connectivity index (χ1n) is 5.27. The smallest absolute Gasteiger partial charge is 0.200 e. The van der Waals surface area contributed by atoms with E-state index in [0.717, 1.165) is 12.5 Å². The highest BCUT2D eigenvalue weighted by Gasteiger charge is 2.28. The van der Waals surface area contributed by atoms with Crippen LogP contribution in [0.4, 0.5) is 8.78 Å². The van der Waals surface area contributed by atoms with E-state index < -0.39 is 11.6 Å². The van der Waals surface area contributed by atoms with Gasteiger partial charge in [0, 0.05) is 11.5 Å². The zero-order chi connectivity index (χ0) is 11.7. The average molecular weight is 228 g/mol. The number of ether oxygens (including phenoxy) is 2. The Hall–Kier alpha value is -1.16. The second-order valence-electron chi connectivity index (χ2n) is 4.06. The Morgan fingerprint density at radius 2 is 2.12 bits per heavy atom. The quantitative estimate of drug-likeness (QED) is 0.774. The third kappa shape index (κ3) is 1.89. The molecule has 1 saturated heterocycles. The first kappa shape index (κ1) is 11.3. The molecule has 2 unspecified atom stereocenters. The summed E-state index contributed by atoms with van der Waals surface area (Å²) in [7, 11) is 1.35. The van der Waals surface area contributed by atoms with Crippen LogP contribution < -0.4 is 4.74 Å². The average Bonchev–Trinajstić information content (AvgIpc) is 2.68. The van der Waals surface area contributed by atoms with Gasteiger partial charge in [0.1, 0.15) is 0 Å². The van der Waals surface area contributed by atoms with E-state index in [-0.39, 0.29) is 17.8 Å². The Morgan fingerprint density at radius 1 is 1.38 bits per heavy atom. The molecule has 2 rings (SSSR count). The van der Waals surface area contributed by atoms with E-state index in [4.69, 9.17) is 9.47 Å². The predicted molar refractivity (Wildman–Crippen MR) is 55.7 cm³/mol. The maximum Gasteiger partial charge on any atom is 0.200 e. The van der Waals surface area contributed by atoms with Crippen LogP contribution in [0.1, 0.15) is 24.8 Å². The normalized spacial score (nSPS) is 24.8. The van der Waals surface area contributed by atoms with Crippen molar-refractivity contribution in [2.75, 3.05) is 13.7 Å². The van der Waals surface area contributed by atoms with Gasteiger partial charge in [0.25, 0.3) is 0 Å². The van der Waals surface area contributed by atoms with Gasteiger partial charge >= 0.3 is 0 Å². The van der Waals surface area contributed by atoms with Crippen LogP contribution in [0.2, 0.25) is 0 Å². The molecule has 0 aromatic heterocycles. The molecule has 88 valence electrons. The lowest BCUT2D eigenvalue weighted by atomic mass is 9.95. The number of hydrogen-bond donors (Lipinski definition) is 0. The second kappa shape index (κ2) is 4.37. The van der Waals surface area contributed by atoms with Crippen LogP contribution in [-0.2, 0) is 4.74 Å². The Balaban J connectivity index is 2.37. The first-order chi connectivity index (χ1) is 7.63. The standard InChI is InChI=1S/C12H14F2O2/c1-7-5-8(6-16-7)9-3-4-10(13)11(14)12(9)15-2/h3-4,7-8H,5-6H2,1-2H3. The number of halogens is 2. The van der Waals surface area contributed by atoms with Crippen LogP contribution in [0.15, 0.2) is 12.1 Å². The summed E-state index contributed by atoms with van der Waals surface area (Å²) >= 11 is 0. The van der Waals surface area contributed by atoms with Crippen molar-refractivity contribution in [3.8, 4) is 5.75 Å². The summed E-state index contributed by atoms with van der Waals surface area (Å²) in [5.41, 5.74) is 0.686. The van der Waals surface area contributed by atoms with Gasteiger partial charge < -0.3 is 9.47 Å². The lowest BCUT2D eigenvalue weighted by Gasteiger charge is -2.14. The number of methoxy groups -OCH3 is 1. The zero-order valence-corrected chi connectivity index (χ0v) is 9.30. The van der Waals surface area contributed by atoms with Crippen LogP contribution in [0.25, 0.3) is 0 Å². The minimum absolute atomic E-state index is 0.00250. The molecule has 0 aliphatic carbocycles. The maximum absolute atomic E-state index is 13.5. The molecule has 2 nitrogen and oxygen atoms in total. The Morgan fingerprint density at radius 3 is 2.69 bits per heavy atom. The minimum Gasteiger partial charge on any atom is -0.493 e. The van der Waals surface area contributed by atoms with Crippen molar-refractivity contribution < 1.29 is 18.3 Å². The highest BCUT2D eigenvalue weighted by atomic mass is 19.2. The molecule has 4 heteroatoms. The molecular formula is C12H14F2O2. The fourth-order valence-electron chi connectivity index (χ4n) is 2.11. The van der Waals surface area contributed by atoms with Crippen LogP contribution in [0.3, 0.4) is 0 Å². The summed E-state index contributed by atoms with van der Waals surface area (Å²) in [5.74, 6) is -1.71. The fraction of sp³-hybridized carbons (Fsp3) is 0.500. The van der Waals surface area contributed by atoms with Crippen molar-refractivity contribution in [1.82, 2.24) is 0 Å². The molecule has 1 aliphatic heterocycles. The fourth-order valence-corrected chi connectivity index (χ4v) is 2.11. The van der Waals surface area contributed by atoms with Gasteiger partial charge in [-0.3, -0.25) is 0 Å². The summed E-state index contributed by atoms with van der Waals surface area (Å²) in [6.45, 7) is 2.49. The van der Waals surface area contributed by atoms with Gasteiger partial charge in [-0.15, -0.1) is 0 Å². The number of hydrogen-bond acceptors (Lipinski definition) is 2. The minimum atomic E-state index is -0.917. The Kier molecular flexibility index (Phi) is 3.10. The number of benzene rings is 1. The van der Waals surface area contributed by atoms with E-state index in [0.29, 0.717) is 12.2 Å². The first-order valence-corrected chi connectivity index (χ1v) is 5.27. The third-order valence-electron chi connectivity index (χ3n) is 2.92. The Labute approximate surface area is 93.2 Å². The molecule has 0 spiro atoms. The highest BCUT2D eigenvalue weighted by molar-refractivity contribution is 5.39. The molecule has 1 heterocycles. The molecule has 0 saturated carbocycles. The van der Waals surface area contributed by atoms with E-state index in [1.165, 1.54) is 7.11 Å². The molecule has 1 fully saturated rings. The molecule has 0 amide bonds. The zero-order valence-electron chi connectivity index (χ0n) is 9.30. The van der Waals surface area contributed by atoms with Gasteiger partial charge in [-0.05, 0) is 19.4 Å². The number of rotatable bonds is 2. The van der Waals surface area contributed by atoms with Gasteiger partial charge in [-0.25, -0.2) is 4.39 Å². The topological polar surface area (TPSA) is 18.5 Å². The molecule has 0 bridgehead atoms. The maximum atomic E-state index is 13.5. The highest BCUT2D eigenvalue weighted by Crippen LogP contribution is 2.36. The lowest BCUT2D eigenvalue weighted by molar-refractivity contribution is 0.123. The van der Waals surface area contributed by atoms with Gasteiger partial charge in [-0.2, -0.15) is 4.39 Å². The lowest BCUT2D eigenvalue weighted by Crippen LogP contribution is -2.04. The van der Waals surface area contributed by atoms with Crippen molar-refractivity contribution in [1.29, 1.82) is 0 Å². The van der Waals surface area contributed by atoms with Crippen LogP contribution >= 0.6 is 0 Å². The summed E-state index contributed by atoms with van der Waals surface area (Å²) < 4.78 is 36.8. The van der Waals surface area contributed by atoms with Gasteiger partial charge in [-0.1, -0.05) is 6.07 Å². The SMILES string of the molecule is COc1c(C2COC(C)C2)ccc(F)c1F. The van der Waals surface area contributed by atoms with Gasteiger partial charge in [0.15, 0.2) is 11.6 Å². The molecule has 0 radical (unpaired) electrons.